The van der Waals surface area contributed by atoms with Crippen LogP contribution < -0.4 is 4.90 Å². The summed E-state index contributed by atoms with van der Waals surface area (Å²) in [5.74, 6) is -0.303. The van der Waals surface area contributed by atoms with Crippen LogP contribution in [0, 0.1) is 24.1 Å². The first kappa shape index (κ1) is 17.9. The van der Waals surface area contributed by atoms with Crippen molar-refractivity contribution in [2.45, 2.75) is 33.2 Å². The maximum Gasteiger partial charge on any atom is 0.123 e. The molecule has 3 rings (SSSR count). The molecule has 2 aromatic carbocycles. The van der Waals surface area contributed by atoms with Gasteiger partial charge in [-0.2, -0.15) is 5.26 Å². The Morgan fingerprint density at radius 3 is 2.42 bits per heavy atom. The summed E-state index contributed by atoms with van der Waals surface area (Å²) < 4.78 is 13.2. The van der Waals surface area contributed by atoms with E-state index in [1.807, 2.05) is 6.08 Å². The van der Waals surface area contributed by atoms with Crippen molar-refractivity contribution in [2.24, 2.45) is 0 Å². The van der Waals surface area contributed by atoms with Gasteiger partial charge in [0.15, 0.2) is 0 Å². The second-order valence-corrected chi connectivity index (χ2v) is 7.44. The predicted molar refractivity (Wildman–Crippen MR) is 107 cm³/mol. The zero-order valence-electron chi connectivity index (χ0n) is 15.9. The number of allylic oxidation sites excluding steroid dienone is 2. The Balaban J connectivity index is 2.12. The average molecular weight is 346 g/mol. The molecule has 0 atom stereocenters. The Kier molecular flexibility index (Phi) is 4.46. The van der Waals surface area contributed by atoms with Crippen molar-refractivity contribution in [2.75, 3.05) is 11.9 Å². The van der Waals surface area contributed by atoms with Crippen LogP contribution in [0.3, 0.4) is 0 Å². The van der Waals surface area contributed by atoms with Gasteiger partial charge >= 0.3 is 0 Å². The lowest BCUT2D eigenvalue weighted by Gasteiger charge is -2.41. The van der Waals surface area contributed by atoms with Crippen LogP contribution in [-0.2, 0) is 0 Å². The Morgan fingerprint density at radius 1 is 1.15 bits per heavy atom. The van der Waals surface area contributed by atoms with Crippen LogP contribution in [0.5, 0.6) is 0 Å². The molecule has 0 aromatic heterocycles. The van der Waals surface area contributed by atoms with Gasteiger partial charge in [0.2, 0.25) is 0 Å². The van der Waals surface area contributed by atoms with Crippen LogP contribution in [0.25, 0.3) is 17.2 Å². The van der Waals surface area contributed by atoms with Crippen LogP contribution in [0.4, 0.5) is 10.1 Å². The van der Waals surface area contributed by atoms with E-state index in [1.165, 1.54) is 29.0 Å². The van der Waals surface area contributed by atoms with Crippen molar-refractivity contribution in [1.82, 2.24) is 0 Å². The number of rotatable bonds is 2. The van der Waals surface area contributed by atoms with Gasteiger partial charge in [0.05, 0.1) is 17.2 Å². The molecule has 1 heterocycles. The number of likely N-dealkylation sites (N-methyl/N-ethyl adjacent to an activating group) is 1. The second-order valence-electron chi connectivity index (χ2n) is 7.44. The summed E-state index contributed by atoms with van der Waals surface area (Å²) in [5, 5.41) is 9.57. The molecule has 0 N–H and O–H groups in total. The first-order chi connectivity index (χ1) is 12.2. The molecule has 0 saturated carbocycles. The number of hydrogen-bond donors (Lipinski definition) is 0. The highest BCUT2D eigenvalue weighted by molar-refractivity contribution is 5.92. The molecule has 26 heavy (non-hydrogen) atoms. The fourth-order valence-corrected chi connectivity index (χ4v) is 3.44. The largest absolute Gasteiger partial charge is 0.365 e. The molecular weight excluding hydrogens is 323 g/mol. The molecular formula is C23H23FN2. The summed E-state index contributed by atoms with van der Waals surface area (Å²) in [5.41, 5.74) is 6.94. The van der Waals surface area contributed by atoms with Gasteiger partial charge in [0.25, 0.3) is 0 Å². The number of fused-ring (bicyclic) bond motifs is 1. The van der Waals surface area contributed by atoms with Gasteiger partial charge in [-0.15, -0.1) is 0 Å². The lowest BCUT2D eigenvalue weighted by Crippen LogP contribution is -2.42. The molecule has 0 aliphatic carbocycles. The topological polar surface area (TPSA) is 27.0 Å². The zero-order valence-corrected chi connectivity index (χ0v) is 15.9. The van der Waals surface area contributed by atoms with Crippen LogP contribution in [0.1, 0.15) is 43.0 Å². The Labute approximate surface area is 154 Å². The van der Waals surface area contributed by atoms with Crippen LogP contribution >= 0.6 is 0 Å². The Bertz CT molecular complexity index is 957. The summed E-state index contributed by atoms with van der Waals surface area (Å²) in [7, 11) is 2.11. The van der Waals surface area contributed by atoms with Crippen molar-refractivity contribution in [3.8, 4) is 6.07 Å². The SMILES string of the molecule is CC1=CC(C)(C)N(C)c2cc(C)c(/C=C(\C#N)c3ccc(F)cc3)cc21. The van der Waals surface area contributed by atoms with Crippen molar-refractivity contribution >= 4 is 22.9 Å². The Hall–Kier alpha value is -2.86. The quantitative estimate of drug-likeness (QED) is 0.505. The molecule has 0 unspecified atom stereocenters. The monoisotopic (exact) mass is 346 g/mol. The van der Waals surface area contributed by atoms with E-state index in [9.17, 15) is 9.65 Å². The molecule has 0 bridgehead atoms. The van der Waals surface area contributed by atoms with Crippen molar-refractivity contribution < 1.29 is 4.39 Å². The van der Waals surface area contributed by atoms with E-state index in [2.05, 4.69) is 63.9 Å². The molecule has 0 spiro atoms. The minimum Gasteiger partial charge on any atom is -0.365 e. The molecule has 132 valence electrons. The first-order valence-electron chi connectivity index (χ1n) is 8.69. The fourth-order valence-electron chi connectivity index (χ4n) is 3.44. The highest BCUT2D eigenvalue weighted by Crippen LogP contribution is 2.39. The van der Waals surface area contributed by atoms with Gasteiger partial charge in [0.1, 0.15) is 5.82 Å². The third-order valence-electron chi connectivity index (χ3n) is 5.18. The van der Waals surface area contributed by atoms with Crippen molar-refractivity contribution in [3.63, 3.8) is 0 Å². The summed E-state index contributed by atoms with van der Waals surface area (Å²) in [6.45, 7) is 8.58. The molecule has 0 amide bonds. The van der Waals surface area contributed by atoms with Gasteiger partial charge in [-0.3, -0.25) is 0 Å². The van der Waals surface area contributed by atoms with E-state index in [-0.39, 0.29) is 11.4 Å². The molecule has 2 aromatic rings. The summed E-state index contributed by atoms with van der Waals surface area (Å²) in [6, 6.07) is 12.6. The van der Waals surface area contributed by atoms with E-state index in [0.717, 1.165) is 16.7 Å². The highest BCUT2D eigenvalue weighted by atomic mass is 19.1. The third-order valence-corrected chi connectivity index (χ3v) is 5.18. The number of hydrogen-bond acceptors (Lipinski definition) is 2. The smallest absolute Gasteiger partial charge is 0.123 e. The minimum absolute atomic E-state index is 0.0349. The normalized spacial score (nSPS) is 16.0. The van der Waals surface area contributed by atoms with Gasteiger partial charge in [-0.1, -0.05) is 18.2 Å². The van der Waals surface area contributed by atoms with Gasteiger partial charge in [-0.05, 0) is 80.3 Å². The van der Waals surface area contributed by atoms with E-state index < -0.39 is 0 Å². The molecule has 0 saturated heterocycles. The number of benzene rings is 2. The molecule has 1 aliphatic heterocycles. The van der Waals surface area contributed by atoms with E-state index in [1.54, 1.807) is 12.1 Å². The lowest BCUT2D eigenvalue weighted by molar-refractivity contribution is 0.597. The maximum atomic E-state index is 13.2. The predicted octanol–water partition coefficient (Wildman–Crippen LogP) is 5.83. The zero-order chi connectivity index (χ0) is 19.1. The number of anilines is 1. The number of halogens is 1. The summed E-state index contributed by atoms with van der Waals surface area (Å²) in [4.78, 5) is 2.28. The summed E-state index contributed by atoms with van der Waals surface area (Å²) in [6.07, 6.45) is 4.15. The average Bonchev–Trinajstić information content (AvgIpc) is 2.59. The van der Waals surface area contributed by atoms with E-state index in [0.29, 0.717) is 5.57 Å². The molecule has 3 heteroatoms. The van der Waals surface area contributed by atoms with E-state index in [4.69, 9.17) is 0 Å². The number of nitriles is 1. The van der Waals surface area contributed by atoms with Gasteiger partial charge in [0, 0.05) is 18.3 Å². The molecule has 0 radical (unpaired) electrons. The molecule has 1 aliphatic rings. The van der Waals surface area contributed by atoms with E-state index >= 15 is 0 Å². The van der Waals surface area contributed by atoms with Crippen molar-refractivity contribution in [1.29, 1.82) is 5.26 Å². The van der Waals surface area contributed by atoms with Crippen LogP contribution in [-0.4, -0.2) is 12.6 Å². The summed E-state index contributed by atoms with van der Waals surface area (Å²) >= 11 is 0. The second kappa shape index (κ2) is 6.46. The minimum atomic E-state index is -0.303. The van der Waals surface area contributed by atoms with Crippen molar-refractivity contribution in [3.05, 3.63) is 70.5 Å². The maximum absolute atomic E-state index is 13.2. The molecule has 0 fully saturated rings. The number of aryl methyl sites for hydroxylation is 1. The Morgan fingerprint density at radius 2 is 1.81 bits per heavy atom. The fraction of sp³-hybridized carbons (Fsp3) is 0.261. The third kappa shape index (κ3) is 3.15. The van der Waals surface area contributed by atoms with Crippen LogP contribution in [0.15, 0.2) is 42.5 Å². The van der Waals surface area contributed by atoms with Gasteiger partial charge in [-0.25, -0.2) is 4.39 Å². The lowest BCUT2D eigenvalue weighted by atomic mass is 9.87. The highest BCUT2D eigenvalue weighted by Gasteiger charge is 2.28. The van der Waals surface area contributed by atoms with Gasteiger partial charge < -0.3 is 4.90 Å². The standard InChI is InChI=1S/C23H23FN2/c1-15-10-22-21(16(2)13-23(3,4)26(22)5)12-18(15)11-19(14-25)17-6-8-20(24)9-7-17/h6-13H,1-5H3/b19-11+. The first-order valence-corrected chi connectivity index (χ1v) is 8.69. The number of nitrogens with zero attached hydrogens (tertiary/aromatic N) is 2. The molecule has 2 nitrogen and oxygen atoms in total. The van der Waals surface area contributed by atoms with Crippen LogP contribution in [0.2, 0.25) is 0 Å².